The Labute approximate surface area is 225 Å². The molecule has 0 aliphatic rings. The van der Waals surface area contributed by atoms with Crippen molar-refractivity contribution in [2.75, 3.05) is 19.4 Å². The molecule has 210 valence electrons. The zero-order valence-electron chi connectivity index (χ0n) is 21.6. The summed E-state index contributed by atoms with van der Waals surface area (Å²) in [6, 6.07) is 17.0. The summed E-state index contributed by atoms with van der Waals surface area (Å²) in [5.74, 6) is -1.23. The fourth-order valence-electron chi connectivity index (χ4n) is 4.02. The monoisotopic (exact) mass is 566 g/mol. The number of ether oxygens (including phenoxy) is 1. The molecule has 0 aliphatic heterocycles. The summed E-state index contributed by atoms with van der Waals surface area (Å²) in [6.45, 7) is 2.28. The van der Waals surface area contributed by atoms with Crippen molar-refractivity contribution < 1.29 is 35.5 Å². The van der Waals surface area contributed by atoms with E-state index >= 15 is 0 Å². The van der Waals surface area contributed by atoms with Gasteiger partial charge in [-0.25, -0.2) is 12.8 Å². The van der Waals surface area contributed by atoms with Crippen LogP contribution in [0, 0.1) is 5.82 Å². The predicted octanol–water partition coefficient (Wildman–Crippen LogP) is 5.36. The molecule has 3 aromatic carbocycles. The number of nitrogens with one attached hydrogen (secondary N) is 1. The molecule has 1 N–H and O–H groups in total. The van der Waals surface area contributed by atoms with E-state index in [0.29, 0.717) is 25.1 Å². The third-order valence-corrected chi connectivity index (χ3v) is 7.00. The van der Waals surface area contributed by atoms with E-state index in [4.69, 9.17) is 4.74 Å². The fraction of sp³-hybridized carbons (Fsp3) is 0.321. The molecule has 0 fully saturated rings. The Morgan fingerprint density at radius 1 is 0.974 bits per heavy atom. The highest BCUT2D eigenvalue weighted by Gasteiger charge is 2.30. The molecule has 3 rings (SSSR count). The van der Waals surface area contributed by atoms with Crippen LogP contribution >= 0.6 is 0 Å². The van der Waals surface area contributed by atoms with E-state index in [-0.39, 0.29) is 35.9 Å². The Balaban J connectivity index is 1.70. The van der Waals surface area contributed by atoms with Crippen molar-refractivity contribution in [3.63, 3.8) is 0 Å². The number of nitrogens with zero attached hydrogens (tertiary/aromatic N) is 1. The third kappa shape index (κ3) is 9.36. The number of hydrogen-bond donors (Lipinski definition) is 1. The largest absolute Gasteiger partial charge is 0.493 e. The van der Waals surface area contributed by atoms with Gasteiger partial charge in [-0.1, -0.05) is 48.5 Å². The lowest BCUT2D eigenvalue weighted by atomic mass is 10.1. The van der Waals surface area contributed by atoms with Crippen LogP contribution in [0.15, 0.2) is 71.6 Å². The predicted molar refractivity (Wildman–Crippen MR) is 139 cm³/mol. The molecule has 0 bridgehead atoms. The van der Waals surface area contributed by atoms with Crippen LogP contribution in [0.3, 0.4) is 0 Å². The lowest BCUT2D eigenvalue weighted by molar-refractivity contribution is -0.137. The molecule has 0 saturated carbocycles. The summed E-state index contributed by atoms with van der Waals surface area (Å²) in [4.78, 5) is 12.9. The average Bonchev–Trinajstić information content (AvgIpc) is 2.85. The Bertz CT molecular complexity index is 1380. The molecule has 0 unspecified atom stereocenters. The lowest BCUT2D eigenvalue weighted by Crippen LogP contribution is -2.25. The SMILES string of the molecule is CC(=O)NCc1c(F)cc(OCCCN(Cc2ccccc2)Cc2cccc(C(F)(F)F)c2)cc1S(C)(=O)=O. The van der Waals surface area contributed by atoms with Crippen molar-refractivity contribution >= 4 is 15.7 Å². The van der Waals surface area contributed by atoms with Crippen LogP contribution in [-0.2, 0) is 40.4 Å². The van der Waals surface area contributed by atoms with Gasteiger partial charge in [-0.3, -0.25) is 9.69 Å². The van der Waals surface area contributed by atoms with E-state index in [2.05, 4.69) is 5.32 Å². The molecule has 0 aliphatic carbocycles. The second-order valence-electron chi connectivity index (χ2n) is 9.16. The molecule has 0 saturated heterocycles. The number of halogens is 4. The quantitative estimate of drug-likeness (QED) is 0.236. The molecule has 11 heteroatoms. The molecule has 3 aromatic rings. The average molecular weight is 567 g/mol. The van der Waals surface area contributed by atoms with Gasteiger partial charge < -0.3 is 10.1 Å². The molecular weight excluding hydrogens is 536 g/mol. The van der Waals surface area contributed by atoms with Crippen LogP contribution < -0.4 is 10.1 Å². The maximum atomic E-state index is 14.7. The van der Waals surface area contributed by atoms with Gasteiger partial charge in [0.1, 0.15) is 11.6 Å². The van der Waals surface area contributed by atoms with Crippen LogP contribution in [0.2, 0.25) is 0 Å². The van der Waals surface area contributed by atoms with Crippen LogP contribution in [0.5, 0.6) is 5.75 Å². The number of rotatable bonds is 12. The van der Waals surface area contributed by atoms with Crippen LogP contribution in [0.25, 0.3) is 0 Å². The van der Waals surface area contributed by atoms with Crippen molar-refractivity contribution in [3.05, 3.63) is 94.8 Å². The highest BCUT2D eigenvalue weighted by atomic mass is 32.2. The minimum absolute atomic E-state index is 0.0204. The van der Waals surface area contributed by atoms with Gasteiger partial charge in [-0.2, -0.15) is 13.2 Å². The first-order valence-electron chi connectivity index (χ1n) is 12.1. The van der Waals surface area contributed by atoms with Gasteiger partial charge in [-0.15, -0.1) is 0 Å². The zero-order valence-corrected chi connectivity index (χ0v) is 22.4. The van der Waals surface area contributed by atoms with Gasteiger partial charge in [0, 0.05) is 51.0 Å². The Morgan fingerprint density at radius 3 is 2.28 bits per heavy atom. The maximum absolute atomic E-state index is 14.7. The highest BCUT2D eigenvalue weighted by Crippen LogP contribution is 2.30. The molecule has 39 heavy (non-hydrogen) atoms. The first kappa shape index (κ1) is 30.1. The number of sulfone groups is 1. The molecule has 0 radical (unpaired) electrons. The minimum atomic E-state index is -4.44. The lowest BCUT2D eigenvalue weighted by Gasteiger charge is -2.23. The van der Waals surface area contributed by atoms with E-state index in [1.807, 2.05) is 35.2 Å². The van der Waals surface area contributed by atoms with Gasteiger partial charge in [0.15, 0.2) is 9.84 Å². The number of carbonyl (C=O) groups excluding carboxylic acids is 1. The summed E-state index contributed by atoms with van der Waals surface area (Å²) < 4.78 is 84.4. The van der Waals surface area contributed by atoms with E-state index in [0.717, 1.165) is 30.0 Å². The summed E-state index contributed by atoms with van der Waals surface area (Å²) >= 11 is 0. The van der Waals surface area contributed by atoms with E-state index in [1.54, 1.807) is 6.07 Å². The molecule has 0 spiro atoms. The molecular formula is C28H30F4N2O4S. The standard InChI is InChI=1S/C28H30F4N2O4S/c1-20(35)33-17-25-26(29)15-24(16-27(25)39(2,36)37)38-13-7-12-34(18-21-8-4-3-5-9-21)19-22-10-6-11-23(14-22)28(30,31)32/h3-6,8-11,14-16H,7,12-13,17-19H2,1-2H3,(H,33,35). The van der Waals surface area contributed by atoms with Gasteiger partial charge >= 0.3 is 6.18 Å². The summed E-state index contributed by atoms with van der Waals surface area (Å²) in [7, 11) is -3.81. The zero-order chi connectivity index (χ0) is 28.6. The second-order valence-corrected chi connectivity index (χ2v) is 11.1. The first-order chi connectivity index (χ1) is 18.3. The van der Waals surface area contributed by atoms with E-state index in [1.165, 1.54) is 19.1 Å². The fourth-order valence-corrected chi connectivity index (χ4v) is 4.97. The third-order valence-electron chi connectivity index (χ3n) is 5.84. The van der Waals surface area contributed by atoms with Gasteiger partial charge in [0.25, 0.3) is 0 Å². The molecule has 0 aromatic heterocycles. The molecule has 6 nitrogen and oxygen atoms in total. The van der Waals surface area contributed by atoms with E-state index < -0.39 is 33.3 Å². The van der Waals surface area contributed by atoms with E-state index in [9.17, 15) is 30.8 Å². The topological polar surface area (TPSA) is 75.7 Å². The number of amides is 1. The summed E-state index contributed by atoms with van der Waals surface area (Å²) in [5.41, 5.74) is 0.625. The number of benzene rings is 3. The maximum Gasteiger partial charge on any atom is 0.416 e. The molecule has 0 heterocycles. The molecule has 1 amide bonds. The number of carbonyl (C=O) groups is 1. The first-order valence-corrected chi connectivity index (χ1v) is 14.0. The van der Waals surface area contributed by atoms with Crippen LogP contribution in [0.1, 0.15) is 35.6 Å². The Kier molecular flexibility index (Phi) is 10.1. The van der Waals surface area contributed by atoms with Gasteiger partial charge in [-0.05, 0) is 29.7 Å². The van der Waals surface area contributed by atoms with Gasteiger partial charge in [0.05, 0.1) is 17.1 Å². The van der Waals surface area contributed by atoms with Crippen molar-refractivity contribution in [1.82, 2.24) is 10.2 Å². The van der Waals surface area contributed by atoms with Crippen molar-refractivity contribution in [2.45, 2.75) is 44.1 Å². The Hall–Kier alpha value is -3.44. The summed E-state index contributed by atoms with van der Waals surface area (Å²) in [5, 5.41) is 2.40. The van der Waals surface area contributed by atoms with Crippen molar-refractivity contribution in [3.8, 4) is 5.75 Å². The number of hydrogen-bond acceptors (Lipinski definition) is 5. The second kappa shape index (κ2) is 13.1. The highest BCUT2D eigenvalue weighted by molar-refractivity contribution is 7.90. The Morgan fingerprint density at radius 2 is 1.64 bits per heavy atom. The smallest absolute Gasteiger partial charge is 0.416 e. The normalized spacial score (nSPS) is 12.0. The van der Waals surface area contributed by atoms with Crippen molar-refractivity contribution in [2.24, 2.45) is 0 Å². The van der Waals surface area contributed by atoms with Crippen LogP contribution in [0.4, 0.5) is 17.6 Å². The van der Waals surface area contributed by atoms with Crippen molar-refractivity contribution in [1.29, 1.82) is 0 Å². The molecule has 0 atom stereocenters. The van der Waals surface area contributed by atoms with Gasteiger partial charge in [0.2, 0.25) is 5.91 Å². The minimum Gasteiger partial charge on any atom is -0.493 e. The summed E-state index contributed by atoms with van der Waals surface area (Å²) in [6.07, 6.45) is -3.06. The number of alkyl halides is 3. The van der Waals surface area contributed by atoms with Crippen LogP contribution in [-0.4, -0.2) is 38.6 Å².